The van der Waals surface area contributed by atoms with Crippen LogP contribution in [0.3, 0.4) is 0 Å². The number of nitrogens with zero attached hydrogens (tertiary/aromatic N) is 1. The molecule has 0 unspecified atom stereocenters. The van der Waals surface area contributed by atoms with Crippen molar-refractivity contribution >= 4 is 17.3 Å². The van der Waals surface area contributed by atoms with Crippen LogP contribution in [-0.4, -0.2) is 22.0 Å². The molecule has 0 aliphatic heterocycles. The van der Waals surface area contributed by atoms with Crippen molar-refractivity contribution in [1.29, 1.82) is 0 Å². The zero-order valence-corrected chi connectivity index (χ0v) is 11.6. The molecular formula is C16H19NO3. The summed E-state index contributed by atoms with van der Waals surface area (Å²) < 4.78 is 0. The molecule has 0 heterocycles. The van der Waals surface area contributed by atoms with Gasteiger partial charge in [0, 0.05) is 5.57 Å². The second kappa shape index (κ2) is 6.37. The third-order valence-electron chi connectivity index (χ3n) is 3.66. The van der Waals surface area contributed by atoms with E-state index in [2.05, 4.69) is 12.1 Å². The predicted molar refractivity (Wildman–Crippen MR) is 78.3 cm³/mol. The van der Waals surface area contributed by atoms with Crippen LogP contribution < -0.4 is 0 Å². The Bertz CT molecular complexity index is 573. The summed E-state index contributed by atoms with van der Waals surface area (Å²) in [5, 5.41) is 21.6. The second-order valence-corrected chi connectivity index (χ2v) is 5.01. The van der Waals surface area contributed by atoms with E-state index in [0.717, 1.165) is 43.2 Å². The SMILES string of the molecule is CCCCC1=C(c2cccc(C(=O)O)c2)/C(=N/O)CC1. The maximum atomic E-state index is 11.1. The van der Waals surface area contributed by atoms with E-state index in [1.165, 1.54) is 5.57 Å². The van der Waals surface area contributed by atoms with Gasteiger partial charge in [0.25, 0.3) is 0 Å². The molecule has 0 spiro atoms. The summed E-state index contributed by atoms with van der Waals surface area (Å²) >= 11 is 0. The highest BCUT2D eigenvalue weighted by atomic mass is 16.4. The van der Waals surface area contributed by atoms with Crippen molar-refractivity contribution < 1.29 is 15.1 Å². The van der Waals surface area contributed by atoms with Gasteiger partial charge < -0.3 is 10.3 Å². The summed E-state index contributed by atoms with van der Waals surface area (Å²) in [5.74, 6) is -0.942. The van der Waals surface area contributed by atoms with E-state index in [4.69, 9.17) is 10.3 Å². The Balaban J connectivity index is 2.44. The first-order chi connectivity index (χ1) is 9.67. The van der Waals surface area contributed by atoms with Gasteiger partial charge in [0.2, 0.25) is 0 Å². The monoisotopic (exact) mass is 273 g/mol. The highest BCUT2D eigenvalue weighted by molar-refractivity contribution is 6.26. The Kier molecular flexibility index (Phi) is 4.56. The fourth-order valence-electron chi connectivity index (χ4n) is 2.64. The van der Waals surface area contributed by atoms with Gasteiger partial charge in [-0.3, -0.25) is 0 Å². The molecule has 0 atom stereocenters. The molecule has 20 heavy (non-hydrogen) atoms. The maximum absolute atomic E-state index is 11.1. The van der Waals surface area contributed by atoms with Gasteiger partial charge in [-0.25, -0.2) is 4.79 Å². The molecule has 1 aromatic rings. The van der Waals surface area contributed by atoms with Crippen molar-refractivity contribution in [3.63, 3.8) is 0 Å². The molecule has 106 valence electrons. The van der Waals surface area contributed by atoms with Crippen LogP contribution in [0.1, 0.15) is 54.9 Å². The standard InChI is InChI=1S/C16H19NO3/c1-2-3-5-11-8-9-14(17-20)15(11)12-6-4-7-13(10-12)16(18)19/h4,6-7,10,20H,2-3,5,8-9H2,1H3,(H,18,19)/b17-14+. The minimum absolute atomic E-state index is 0.258. The molecule has 1 aliphatic carbocycles. The zero-order valence-electron chi connectivity index (χ0n) is 11.6. The minimum atomic E-state index is -0.942. The second-order valence-electron chi connectivity index (χ2n) is 5.01. The first-order valence-electron chi connectivity index (χ1n) is 6.94. The molecule has 0 saturated heterocycles. The van der Waals surface area contributed by atoms with Gasteiger partial charge in [-0.2, -0.15) is 0 Å². The van der Waals surface area contributed by atoms with Gasteiger partial charge in [-0.05, 0) is 43.4 Å². The van der Waals surface area contributed by atoms with Crippen molar-refractivity contribution in [2.24, 2.45) is 5.16 Å². The number of unbranched alkanes of at least 4 members (excludes halogenated alkanes) is 1. The topological polar surface area (TPSA) is 69.9 Å². The Morgan fingerprint density at radius 2 is 2.15 bits per heavy atom. The van der Waals surface area contributed by atoms with Gasteiger partial charge >= 0.3 is 5.97 Å². The van der Waals surface area contributed by atoms with Crippen LogP contribution in [0.15, 0.2) is 35.0 Å². The number of aromatic carboxylic acids is 1. The third-order valence-corrected chi connectivity index (χ3v) is 3.66. The molecule has 1 aromatic carbocycles. The van der Waals surface area contributed by atoms with E-state index < -0.39 is 5.97 Å². The Morgan fingerprint density at radius 1 is 1.35 bits per heavy atom. The van der Waals surface area contributed by atoms with Gasteiger partial charge in [-0.1, -0.05) is 36.2 Å². The van der Waals surface area contributed by atoms with Crippen molar-refractivity contribution in [3.8, 4) is 0 Å². The molecule has 1 aliphatic rings. The third kappa shape index (κ3) is 2.90. The van der Waals surface area contributed by atoms with E-state index in [0.29, 0.717) is 5.71 Å². The summed E-state index contributed by atoms with van der Waals surface area (Å²) in [6.45, 7) is 2.14. The van der Waals surface area contributed by atoms with E-state index in [-0.39, 0.29) is 5.56 Å². The summed E-state index contributed by atoms with van der Waals surface area (Å²) in [7, 11) is 0. The smallest absolute Gasteiger partial charge is 0.335 e. The lowest BCUT2D eigenvalue weighted by molar-refractivity contribution is 0.0697. The molecule has 0 amide bonds. The van der Waals surface area contributed by atoms with Crippen LogP contribution in [0, 0.1) is 0 Å². The van der Waals surface area contributed by atoms with E-state index in [1.807, 2.05) is 6.07 Å². The number of carbonyl (C=O) groups is 1. The van der Waals surface area contributed by atoms with E-state index in [9.17, 15) is 4.79 Å². The quantitative estimate of drug-likeness (QED) is 0.630. The molecular weight excluding hydrogens is 254 g/mol. The minimum Gasteiger partial charge on any atom is -0.478 e. The lowest BCUT2D eigenvalue weighted by Crippen LogP contribution is -2.01. The summed E-state index contributed by atoms with van der Waals surface area (Å²) in [6.07, 6.45) is 4.80. The van der Waals surface area contributed by atoms with Gasteiger partial charge in [0.1, 0.15) is 0 Å². The molecule has 0 radical (unpaired) electrons. The number of hydrogen-bond acceptors (Lipinski definition) is 3. The van der Waals surface area contributed by atoms with Crippen molar-refractivity contribution in [2.45, 2.75) is 39.0 Å². The fourth-order valence-corrected chi connectivity index (χ4v) is 2.64. The van der Waals surface area contributed by atoms with Gasteiger partial charge in [0.15, 0.2) is 0 Å². The number of allylic oxidation sites excluding steroid dienone is 2. The van der Waals surface area contributed by atoms with Crippen molar-refractivity contribution in [2.75, 3.05) is 0 Å². The largest absolute Gasteiger partial charge is 0.478 e. The number of oxime groups is 1. The Morgan fingerprint density at radius 3 is 2.80 bits per heavy atom. The van der Waals surface area contributed by atoms with Crippen LogP contribution in [0.4, 0.5) is 0 Å². The van der Waals surface area contributed by atoms with E-state index in [1.54, 1.807) is 18.2 Å². The van der Waals surface area contributed by atoms with E-state index >= 15 is 0 Å². The molecule has 2 rings (SSSR count). The first-order valence-corrected chi connectivity index (χ1v) is 6.94. The van der Waals surface area contributed by atoms with Gasteiger partial charge in [0.05, 0.1) is 11.3 Å². The van der Waals surface area contributed by atoms with Crippen LogP contribution >= 0.6 is 0 Å². The maximum Gasteiger partial charge on any atom is 0.335 e. The Hall–Kier alpha value is -2.10. The number of carboxylic acids is 1. The van der Waals surface area contributed by atoms with Gasteiger partial charge in [-0.15, -0.1) is 0 Å². The van der Waals surface area contributed by atoms with Crippen molar-refractivity contribution in [3.05, 3.63) is 41.0 Å². The molecule has 4 nitrogen and oxygen atoms in total. The number of benzene rings is 1. The first kappa shape index (κ1) is 14.3. The Labute approximate surface area is 118 Å². The van der Waals surface area contributed by atoms with Crippen molar-refractivity contribution in [1.82, 2.24) is 0 Å². The predicted octanol–water partition coefficient (Wildman–Crippen LogP) is 3.95. The average Bonchev–Trinajstić information content (AvgIpc) is 2.88. The lowest BCUT2D eigenvalue weighted by Gasteiger charge is -2.08. The normalized spacial score (nSPS) is 16.9. The molecule has 0 aromatic heterocycles. The number of hydrogen-bond donors (Lipinski definition) is 2. The highest BCUT2D eigenvalue weighted by Crippen LogP contribution is 2.35. The van der Waals surface area contributed by atoms with Crippen LogP contribution in [0.25, 0.3) is 5.57 Å². The summed E-state index contributed by atoms with van der Waals surface area (Å²) in [6, 6.07) is 6.84. The van der Waals surface area contributed by atoms with Crippen LogP contribution in [0.2, 0.25) is 0 Å². The highest BCUT2D eigenvalue weighted by Gasteiger charge is 2.23. The lowest BCUT2D eigenvalue weighted by atomic mass is 9.96. The fraction of sp³-hybridized carbons (Fsp3) is 0.375. The molecule has 2 N–H and O–H groups in total. The number of rotatable bonds is 5. The average molecular weight is 273 g/mol. The summed E-state index contributed by atoms with van der Waals surface area (Å²) in [5.41, 5.74) is 3.96. The van der Waals surface area contributed by atoms with Crippen LogP contribution in [0.5, 0.6) is 0 Å². The molecule has 4 heteroatoms. The van der Waals surface area contributed by atoms with Crippen LogP contribution in [-0.2, 0) is 0 Å². The zero-order chi connectivity index (χ0) is 14.5. The molecule has 0 saturated carbocycles. The number of carboxylic acid groups (broad SMARTS) is 1. The summed E-state index contributed by atoms with van der Waals surface area (Å²) in [4.78, 5) is 11.1. The molecule has 0 bridgehead atoms. The molecule has 0 fully saturated rings.